The van der Waals surface area contributed by atoms with Gasteiger partial charge >= 0.3 is 0 Å². The highest BCUT2D eigenvalue weighted by atomic mass is 16.5. The van der Waals surface area contributed by atoms with Crippen molar-refractivity contribution in [3.8, 4) is 0 Å². The molecule has 0 aliphatic heterocycles. The molecule has 1 rings (SSSR count). The van der Waals surface area contributed by atoms with Crippen molar-refractivity contribution >= 4 is 6.29 Å². The molecule has 0 radical (unpaired) electrons. The molecule has 0 aromatic carbocycles. The van der Waals surface area contributed by atoms with Crippen LogP contribution in [0.3, 0.4) is 0 Å². The van der Waals surface area contributed by atoms with Crippen LogP contribution < -0.4 is 0 Å². The van der Waals surface area contributed by atoms with E-state index in [1.165, 1.54) is 12.8 Å². The van der Waals surface area contributed by atoms with E-state index in [1.54, 1.807) is 7.11 Å². The van der Waals surface area contributed by atoms with Gasteiger partial charge in [0, 0.05) is 7.11 Å². The van der Waals surface area contributed by atoms with Crippen LogP contribution >= 0.6 is 0 Å². The lowest BCUT2D eigenvalue weighted by Crippen LogP contribution is -2.29. The van der Waals surface area contributed by atoms with Crippen molar-refractivity contribution in [3.05, 3.63) is 0 Å². The standard InChI is InChI=1S/C8H14O2/c1-8(6-9,10-2)5-7-3-4-7/h6-7H,3-5H2,1-2H3. The van der Waals surface area contributed by atoms with E-state index in [9.17, 15) is 4.79 Å². The highest BCUT2D eigenvalue weighted by Gasteiger charge is 2.32. The van der Waals surface area contributed by atoms with Crippen LogP contribution in [0.25, 0.3) is 0 Å². The Kier molecular flexibility index (Phi) is 2.09. The van der Waals surface area contributed by atoms with Crippen LogP contribution in [0.2, 0.25) is 0 Å². The molecule has 0 N–H and O–H groups in total. The Labute approximate surface area is 61.6 Å². The van der Waals surface area contributed by atoms with Crippen LogP contribution in [-0.4, -0.2) is 19.0 Å². The molecule has 10 heavy (non-hydrogen) atoms. The maximum absolute atomic E-state index is 10.5. The smallest absolute Gasteiger partial charge is 0.151 e. The second-order valence-corrected chi connectivity index (χ2v) is 3.28. The molecule has 1 saturated carbocycles. The van der Waals surface area contributed by atoms with Crippen LogP contribution in [0.15, 0.2) is 0 Å². The average Bonchev–Trinajstić information content (AvgIpc) is 2.72. The van der Waals surface area contributed by atoms with Gasteiger partial charge in [-0.1, -0.05) is 12.8 Å². The molecule has 1 aliphatic carbocycles. The van der Waals surface area contributed by atoms with Gasteiger partial charge < -0.3 is 9.53 Å². The normalized spacial score (nSPS) is 23.8. The molecule has 2 heteroatoms. The largest absolute Gasteiger partial charge is 0.371 e. The number of carbonyl (C=O) groups excluding carboxylic acids is 1. The summed E-state index contributed by atoms with van der Waals surface area (Å²) in [4.78, 5) is 10.5. The summed E-state index contributed by atoms with van der Waals surface area (Å²) >= 11 is 0. The van der Waals surface area contributed by atoms with Gasteiger partial charge in [0.2, 0.25) is 0 Å². The van der Waals surface area contributed by atoms with Crippen LogP contribution in [0.4, 0.5) is 0 Å². The molecule has 0 aromatic heterocycles. The summed E-state index contributed by atoms with van der Waals surface area (Å²) in [5, 5.41) is 0. The lowest BCUT2D eigenvalue weighted by atomic mass is 10.0. The Morgan fingerprint density at radius 1 is 1.70 bits per heavy atom. The van der Waals surface area contributed by atoms with Crippen molar-refractivity contribution in [1.82, 2.24) is 0 Å². The zero-order valence-corrected chi connectivity index (χ0v) is 6.59. The summed E-state index contributed by atoms with van der Waals surface area (Å²) < 4.78 is 5.07. The van der Waals surface area contributed by atoms with Gasteiger partial charge in [0.1, 0.15) is 5.60 Å². The Morgan fingerprint density at radius 2 is 2.30 bits per heavy atom. The monoisotopic (exact) mass is 142 g/mol. The minimum Gasteiger partial charge on any atom is -0.371 e. The second-order valence-electron chi connectivity index (χ2n) is 3.28. The van der Waals surface area contributed by atoms with Gasteiger partial charge in [0.15, 0.2) is 6.29 Å². The molecule has 1 atom stereocenters. The van der Waals surface area contributed by atoms with E-state index in [2.05, 4.69) is 0 Å². The fourth-order valence-electron chi connectivity index (χ4n) is 1.07. The van der Waals surface area contributed by atoms with Crippen molar-refractivity contribution in [3.63, 3.8) is 0 Å². The summed E-state index contributed by atoms with van der Waals surface area (Å²) in [7, 11) is 1.59. The highest BCUT2D eigenvalue weighted by Crippen LogP contribution is 2.36. The maximum Gasteiger partial charge on any atom is 0.151 e. The maximum atomic E-state index is 10.5. The molecule has 0 aromatic rings. The number of hydrogen-bond acceptors (Lipinski definition) is 2. The highest BCUT2D eigenvalue weighted by molar-refractivity contribution is 5.61. The number of hydrogen-bond donors (Lipinski definition) is 0. The number of rotatable bonds is 4. The van der Waals surface area contributed by atoms with E-state index in [0.29, 0.717) is 0 Å². The summed E-state index contributed by atoms with van der Waals surface area (Å²) in [5.74, 6) is 0.746. The van der Waals surface area contributed by atoms with Gasteiger partial charge in [0.05, 0.1) is 0 Å². The third kappa shape index (κ3) is 1.81. The zero-order valence-electron chi connectivity index (χ0n) is 6.59. The number of methoxy groups -OCH3 is 1. The number of carbonyl (C=O) groups is 1. The third-order valence-corrected chi connectivity index (χ3v) is 2.11. The minimum absolute atomic E-state index is 0.513. The van der Waals surface area contributed by atoms with E-state index in [-0.39, 0.29) is 0 Å². The van der Waals surface area contributed by atoms with Crippen LogP contribution in [0.5, 0.6) is 0 Å². The van der Waals surface area contributed by atoms with Gasteiger partial charge in [-0.25, -0.2) is 0 Å². The van der Waals surface area contributed by atoms with Crippen LogP contribution in [-0.2, 0) is 9.53 Å². The molecule has 1 aliphatic rings. The molecule has 0 heterocycles. The average molecular weight is 142 g/mol. The van der Waals surface area contributed by atoms with Gasteiger partial charge in [0.25, 0.3) is 0 Å². The molecule has 0 saturated heterocycles. The number of ether oxygens (including phenoxy) is 1. The van der Waals surface area contributed by atoms with E-state index in [0.717, 1.165) is 18.6 Å². The van der Waals surface area contributed by atoms with Crippen LogP contribution in [0.1, 0.15) is 26.2 Å². The minimum atomic E-state index is -0.513. The van der Waals surface area contributed by atoms with Gasteiger partial charge in [-0.05, 0) is 19.3 Å². The summed E-state index contributed by atoms with van der Waals surface area (Å²) in [6.45, 7) is 1.85. The first-order valence-electron chi connectivity index (χ1n) is 3.72. The Morgan fingerprint density at radius 3 is 2.60 bits per heavy atom. The Balaban J connectivity index is 2.36. The van der Waals surface area contributed by atoms with Gasteiger partial charge in [-0.15, -0.1) is 0 Å². The van der Waals surface area contributed by atoms with Crippen molar-refractivity contribution in [1.29, 1.82) is 0 Å². The lowest BCUT2D eigenvalue weighted by molar-refractivity contribution is -0.126. The van der Waals surface area contributed by atoms with Crippen molar-refractivity contribution in [2.24, 2.45) is 5.92 Å². The van der Waals surface area contributed by atoms with Gasteiger partial charge in [-0.2, -0.15) is 0 Å². The lowest BCUT2D eigenvalue weighted by Gasteiger charge is -2.20. The SMILES string of the molecule is COC(C)(C=O)CC1CC1. The predicted octanol–water partition coefficient (Wildman–Crippen LogP) is 1.39. The van der Waals surface area contributed by atoms with E-state index in [4.69, 9.17) is 4.74 Å². The van der Waals surface area contributed by atoms with Crippen molar-refractivity contribution in [2.45, 2.75) is 31.8 Å². The van der Waals surface area contributed by atoms with Crippen LogP contribution in [0, 0.1) is 5.92 Å². The van der Waals surface area contributed by atoms with Crippen molar-refractivity contribution < 1.29 is 9.53 Å². The first-order chi connectivity index (χ1) is 4.70. The molecule has 1 unspecified atom stereocenters. The zero-order chi connectivity index (χ0) is 7.61. The third-order valence-electron chi connectivity index (χ3n) is 2.11. The molecule has 1 fully saturated rings. The first kappa shape index (κ1) is 7.73. The predicted molar refractivity (Wildman–Crippen MR) is 38.8 cm³/mol. The van der Waals surface area contributed by atoms with E-state index in [1.807, 2.05) is 6.92 Å². The molecule has 58 valence electrons. The quantitative estimate of drug-likeness (QED) is 0.554. The summed E-state index contributed by atoms with van der Waals surface area (Å²) in [6.07, 6.45) is 4.35. The molecular formula is C8H14O2. The van der Waals surface area contributed by atoms with Gasteiger partial charge in [-0.3, -0.25) is 0 Å². The molecular weight excluding hydrogens is 128 g/mol. The summed E-state index contributed by atoms with van der Waals surface area (Å²) in [6, 6.07) is 0. The molecule has 0 bridgehead atoms. The topological polar surface area (TPSA) is 26.3 Å². The summed E-state index contributed by atoms with van der Waals surface area (Å²) in [5.41, 5.74) is -0.513. The molecule has 0 amide bonds. The van der Waals surface area contributed by atoms with Crippen molar-refractivity contribution in [2.75, 3.05) is 7.11 Å². The molecule has 2 nitrogen and oxygen atoms in total. The Bertz CT molecular complexity index is 129. The fraction of sp³-hybridized carbons (Fsp3) is 0.875. The van der Waals surface area contributed by atoms with E-state index < -0.39 is 5.60 Å². The molecule has 0 spiro atoms. The number of aldehydes is 1. The Hall–Kier alpha value is -0.370. The first-order valence-corrected chi connectivity index (χ1v) is 3.72. The fourth-order valence-corrected chi connectivity index (χ4v) is 1.07. The van der Waals surface area contributed by atoms with E-state index >= 15 is 0 Å². The second kappa shape index (κ2) is 2.70.